The minimum absolute atomic E-state index is 0.166. The molecule has 2 aromatic rings. The van der Waals surface area contributed by atoms with Crippen molar-refractivity contribution in [2.75, 3.05) is 0 Å². The van der Waals surface area contributed by atoms with E-state index < -0.39 is 10.1 Å². The first kappa shape index (κ1) is 19.3. The van der Waals surface area contributed by atoms with Gasteiger partial charge in [-0.15, -0.1) is 0 Å². The molecule has 6 heteroatoms. The molecule has 0 radical (unpaired) electrons. The van der Waals surface area contributed by atoms with E-state index in [2.05, 4.69) is 6.92 Å². The average molecular weight is 364 g/mol. The Morgan fingerprint density at radius 1 is 1.00 bits per heavy atom. The van der Waals surface area contributed by atoms with Crippen molar-refractivity contribution in [1.29, 1.82) is 0 Å². The lowest BCUT2D eigenvalue weighted by molar-refractivity contribution is 0.439. The first-order valence-electron chi connectivity index (χ1n) is 8.48. The third-order valence-corrected chi connectivity index (χ3v) is 4.82. The van der Waals surface area contributed by atoms with Crippen LogP contribution in [0.25, 0.3) is 0 Å². The van der Waals surface area contributed by atoms with Gasteiger partial charge in [-0.3, -0.25) is 4.55 Å². The fraction of sp³-hybridized carbons (Fsp3) is 0.368. The number of unbranched alkanes of at least 4 members (excludes halogenated alkanes) is 4. The van der Waals surface area contributed by atoms with E-state index in [-0.39, 0.29) is 16.4 Å². The second-order valence-electron chi connectivity index (χ2n) is 5.97. The summed E-state index contributed by atoms with van der Waals surface area (Å²) < 4.78 is 37.4. The smallest absolute Gasteiger partial charge is 0.294 e. The number of benzene rings is 2. The maximum atomic E-state index is 11.2. The summed E-state index contributed by atoms with van der Waals surface area (Å²) in [6.07, 6.45) is 6.25. The summed E-state index contributed by atoms with van der Waals surface area (Å²) >= 11 is 0. The first-order valence-corrected chi connectivity index (χ1v) is 9.92. The van der Waals surface area contributed by atoms with Crippen LogP contribution in [-0.4, -0.2) is 18.1 Å². The average Bonchev–Trinajstić information content (AvgIpc) is 2.56. The van der Waals surface area contributed by atoms with Crippen molar-refractivity contribution in [1.82, 2.24) is 0 Å². The Balaban J connectivity index is 2.15. The molecule has 0 saturated carbocycles. The highest BCUT2D eigenvalue weighted by Crippen LogP contribution is 2.33. The zero-order valence-electron chi connectivity index (χ0n) is 14.3. The van der Waals surface area contributed by atoms with Gasteiger partial charge in [0.2, 0.25) is 0 Å². The normalized spacial score (nSPS) is 11.4. The molecule has 0 unspecified atom stereocenters. The third-order valence-electron chi connectivity index (χ3n) is 3.97. The minimum Gasteiger partial charge on any atom is -0.508 e. The van der Waals surface area contributed by atoms with E-state index in [0.717, 1.165) is 19.3 Å². The number of phenols is 1. The quantitative estimate of drug-likeness (QED) is 0.486. The van der Waals surface area contributed by atoms with Crippen molar-refractivity contribution in [3.8, 4) is 17.2 Å². The van der Waals surface area contributed by atoms with Gasteiger partial charge < -0.3 is 9.84 Å². The van der Waals surface area contributed by atoms with Crippen LogP contribution in [0.3, 0.4) is 0 Å². The van der Waals surface area contributed by atoms with Crippen molar-refractivity contribution in [3.05, 3.63) is 48.0 Å². The van der Waals surface area contributed by atoms with E-state index in [4.69, 9.17) is 9.29 Å². The van der Waals surface area contributed by atoms with Gasteiger partial charge >= 0.3 is 0 Å². The van der Waals surface area contributed by atoms with Crippen molar-refractivity contribution < 1.29 is 22.8 Å². The molecule has 0 fully saturated rings. The highest BCUT2D eigenvalue weighted by Gasteiger charge is 2.13. The van der Waals surface area contributed by atoms with Crippen LogP contribution < -0.4 is 4.74 Å². The molecule has 0 atom stereocenters. The van der Waals surface area contributed by atoms with E-state index in [0.29, 0.717) is 17.7 Å². The van der Waals surface area contributed by atoms with Crippen LogP contribution in [0.5, 0.6) is 17.2 Å². The maximum Gasteiger partial charge on any atom is 0.294 e. The van der Waals surface area contributed by atoms with Crippen molar-refractivity contribution in [2.24, 2.45) is 0 Å². The molecule has 0 heterocycles. The van der Waals surface area contributed by atoms with Crippen LogP contribution in [0.15, 0.2) is 47.4 Å². The zero-order valence-corrected chi connectivity index (χ0v) is 15.1. The van der Waals surface area contributed by atoms with Crippen LogP contribution >= 0.6 is 0 Å². The number of ether oxygens (including phenoxy) is 1. The van der Waals surface area contributed by atoms with E-state index in [1.165, 1.54) is 31.0 Å². The minimum atomic E-state index is -4.29. The van der Waals surface area contributed by atoms with Gasteiger partial charge in [0.05, 0.1) is 4.90 Å². The van der Waals surface area contributed by atoms with Crippen LogP contribution in [-0.2, 0) is 16.5 Å². The molecule has 2 aromatic carbocycles. The Morgan fingerprint density at radius 3 is 2.44 bits per heavy atom. The monoisotopic (exact) mass is 364 g/mol. The number of phenolic OH excluding ortho intramolecular Hbond substituents is 1. The van der Waals surface area contributed by atoms with Gasteiger partial charge in [0.1, 0.15) is 17.2 Å². The standard InChI is InChI=1S/C19H24O5S/c1-2-3-4-5-6-11-17-18(20)12-8-13-19(17)24-15-9-7-10-16(14-15)25(21,22)23/h7-10,12-14,20H,2-6,11H2,1H3,(H,21,22,23). The van der Waals surface area contributed by atoms with Gasteiger partial charge in [-0.25, -0.2) is 0 Å². The lowest BCUT2D eigenvalue weighted by Gasteiger charge is -2.13. The fourth-order valence-electron chi connectivity index (χ4n) is 2.63. The molecule has 0 aliphatic rings. The molecule has 136 valence electrons. The summed E-state index contributed by atoms with van der Waals surface area (Å²) in [6.45, 7) is 2.16. The number of aromatic hydroxyl groups is 1. The molecule has 0 aliphatic carbocycles. The van der Waals surface area contributed by atoms with Gasteiger partial charge in [-0.1, -0.05) is 44.7 Å². The number of rotatable bonds is 9. The summed E-state index contributed by atoms with van der Waals surface area (Å²) in [5.41, 5.74) is 0.705. The summed E-state index contributed by atoms with van der Waals surface area (Å²) in [4.78, 5) is -0.230. The molecular formula is C19H24O5S. The molecule has 0 aromatic heterocycles. The van der Waals surface area contributed by atoms with Gasteiger partial charge in [0.25, 0.3) is 10.1 Å². The number of hydrogen-bond acceptors (Lipinski definition) is 4. The molecule has 0 saturated heterocycles. The SMILES string of the molecule is CCCCCCCc1c(O)cccc1Oc1cccc(S(=O)(=O)O)c1. The van der Waals surface area contributed by atoms with Crippen molar-refractivity contribution >= 4 is 10.1 Å². The molecule has 0 amide bonds. The van der Waals surface area contributed by atoms with Crippen LogP contribution in [0, 0.1) is 0 Å². The Hall–Kier alpha value is -2.05. The van der Waals surface area contributed by atoms with Crippen LogP contribution in [0.1, 0.15) is 44.6 Å². The van der Waals surface area contributed by atoms with Crippen LogP contribution in [0.2, 0.25) is 0 Å². The molecule has 0 spiro atoms. The summed E-state index contributed by atoms with van der Waals surface area (Å²) in [5.74, 6) is 0.940. The van der Waals surface area contributed by atoms with Gasteiger partial charge in [0.15, 0.2) is 0 Å². The topological polar surface area (TPSA) is 83.8 Å². The highest BCUT2D eigenvalue weighted by atomic mass is 32.2. The summed E-state index contributed by atoms with van der Waals surface area (Å²) in [7, 11) is -4.29. The van der Waals surface area contributed by atoms with E-state index in [9.17, 15) is 13.5 Å². The maximum absolute atomic E-state index is 11.2. The molecule has 0 bridgehead atoms. The Kier molecular flexibility index (Phi) is 6.84. The predicted molar refractivity (Wildman–Crippen MR) is 96.9 cm³/mol. The highest BCUT2D eigenvalue weighted by molar-refractivity contribution is 7.85. The zero-order chi connectivity index (χ0) is 18.3. The summed E-state index contributed by atoms with van der Waals surface area (Å²) in [5, 5.41) is 10.1. The van der Waals surface area contributed by atoms with Crippen molar-refractivity contribution in [2.45, 2.75) is 50.3 Å². The molecule has 0 aliphatic heterocycles. The van der Waals surface area contributed by atoms with Crippen LogP contribution in [0.4, 0.5) is 0 Å². The van der Waals surface area contributed by atoms with Gasteiger partial charge in [-0.2, -0.15) is 8.42 Å². The molecule has 5 nitrogen and oxygen atoms in total. The van der Waals surface area contributed by atoms with E-state index in [1.54, 1.807) is 24.3 Å². The Bertz CT molecular complexity index is 799. The lowest BCUT2D eigenvalue weighted by atomic mass is 10.0. The van der Waals surface area contributed by atoms with Crippen molar-refractivity contribution in [3.63, 3.8) is 0 Å². The second-order valence-corrected chi connectivity index (χ2v) is 7.39. The first-order chi connectivity index (χ1) is 11.9. The molecular weight excluding hydrogens is 340 g/mol. The fourth-order valence-corrected chi connectivity index (χ4v) is 3.15. The summed E-state index contributed by atoms with van der Waals surface area (Å²) in [6, 6.07) is 10.7. The molecule has 2 rings (SSSR count). The Labute approximate surface area is 149 Å². The second kappa shape index (κ2) is 8.87. The number of hydrogen-bond donors (Lipinski definition) is 2. The third kappa shape index (κ3) is 5.76. The predicted octanol–water partition coefficient (Wildman–Crippen LogP) is 4.94. The largest absolute Gasteiger partial charge is 0.508 e. The van der Waals surface area contributed by atoms with E-state index >= 15 is 0 Å². The van der Waals surface area contributed by atoms with E-state index in [1.807, 2.05) is 0 Å². The van der Waals surface area contributed by atoms with Gasteiger partial charge in [-0.05, 0) is 37.1 Å². The molecule has 25 heavy (non-hydrogen) atoms. The van der Waals surface area contributed by atoms with Gasteiger partial charge in [0, 0.05) is 11.6 Å². The Morgan fingerprint density at radius 2 is 1.72 bits per heavy atom. The lowest BCUT2D eigenvalue weighted by Crippen LogP contribution is -1.98. The molecule has 2 N–H and O–H groups in total.